The topological polar surface area (TPSA) is 23.5 Å². The highest BCUT2D eigenvalue weighted by atomic mass is 16.2. The molecule has 0 radical (unpaired) electrons. The molecule has 1 aromatic carbocycles. The lowest BCUT2D eigenvalue weighted by molar-refractivity contribution is 0.472. The SMILES string of the molecule is C/C=C(\C=C/O)N1c2ccccc2C2C=CC=CC21. The van der Waals surface area contributed by atoms with E-state index in [0.29, 0.717) is 12.0 Å². The maximum absolute atomic E-state index is 9.09. The predicted molar refractivity (Wildman–Crippen MR) is 79.3 cm³/mol. The number of anilines is 1. The van der Waals surface area contributed by atoms with Gasteiger partial charge in [0.05, 0.1) is 12.3 Å². The second-order valence-corrected chi connectivity index (χ2v) is 4.74. The van der Waals surface area contributed by atoms with Gasteiger partial charge in [0.25, 0.3) is 0 Å². The smallest absolute Gasteiger partial charge is 0.0812 e. The Hall–Kier alpha value is -2.22. The van der Waals surface area contributed by atoms with Gasteiger partial charge in [-0.25, -0.2) is 0 Å². The van der Waals surface area contributed by atoms with Gasteiger partial charge in [-0.3, -0.25) is 0 Å². The normalized spacial score (nSPS) is 24.9. The van der Waals surface area contributed by atoms with Crippen LogP contribution in [0.3, 0.4) is 0 Å². The van der Waals surface area contributed by atoms with Crippen LogP contribution in [0.5, 0.6) is 0 Å². The van der Waals surface area contributed by atoms with E-state index in [1.807, 2.05) is 13.0 Å². The number of nitrogens with zero attached hydrogens (tertiary/aromatic N) is 1. The first-order valence-corrected chi connectivity index (χ1v) is 6.57. The summed E-state index contributed by atoms with van der Waals surface area (Å²) in [5, 5.41) is 9.09. The minimum absolute atomic E-state index is 0.296. The molecule has 96 valence electrons. The molecule has 0 spiro atoms. The summed E-state index contributed by atoms with van der Waals surface area (Å²) in [7, 11) is 0. The van der Waals surface area contributed by atoms with Crippen molar-refractivity contribution in [1.82, 2.24) is 0 Å². The summed E-state index contributed by atoms with van der Waals surface area (Å²) in [6.45, 7) is 1.99. The van der Waals surface area contributed by atoms with Crippen molar-refractivity contribution in [2.45, 2.75) is 18.9 Å². The van der Waals surface area contributed by atoms with E-state index < -0.39 is 0 Å². The van der Waals surface area contributed by atoms with Crippen molar-refractivity contribution in [1.29, 1.82) is 0 Å². The van der Waals surface area contributed by atoms with Crippen molar-refractivity contribution in [2.24, 2.45) is 0 Å². The Morgan fingerprint density at radius 1 is 1.21 bits per heavy atom. The molecule has 2 nitrogen and oxygen atoms in total. The summed E-state index contributed by atoms with van der Waals surface area (Å²) < 4.78 is 0. The molecule has 2 heteroatoms. The van der Waals surface area contributed by atoms with Crippen LogP contribution in [0, 0.1) is 0 Å². The van der Waals surface area contributed by atoms with E-state index in [-0.39, 0.29) is 0 Å². The van der Waals surface area contributed by atoms with Gasteiger partial charge in [0.15, 0.2) is 0 Å². The van der Waals surface area contributed by atoms with E-state index in [1.54, 1.807) is 6.08 Å². The van der Waals surface area contributed by atoms with E-state index in [0.717, 1.165) is 12.0 Å². The molecule has 0 saturated heterocycles. The van der Waals surface area contributed by atoms with E-state index >= 15 is 0 Å². The Morgan fingerprint density at radius 3 is 2.79 bits per heavy atom. The fourth-order valence-corrected chi connectivity index (χ4v) is 2.98. The molecule has 0 aromatic heterocycles. The fraction of sp³-hybridized carbons (Fsp3) is 0.176. The molecular weight excluding hydrogens is 234 g/mol. The van der Waals surface area contributed by atoms with Gasteiger partial charge < -0.3 is 10.0 Å². The Balaban J connectivity index is 2.13. The van der Waals surface area contributed by atoms with Gasteiger partial charge in [-0.05, 0) is 24.6 Å². The predicted octanol–water partition coefficient (Wildman–Crippen LogP) is 4.06. The molecular formula is C17H17NO. The average molecular weight is 251 g/mol. The summed E-state index contributed by atoms with van der Waals surface area (Å²) in [5.74, 6) is 0.392. The lowest BCUT2D eigenvalue weighted by atomic mass is 9.91. The molecule has 2 atom stereocenters. The third-order valence-electron chi connectivity index (χ3n) is 3.78. The third-order valence-corrected chi connectivity index (χ3v) is 3.78. The molecule has 2 aliphatic rings. The number of fused-ring (bicyclic) bond motifs is 3. The molecule has 0 saturated carbocycles. The summed E-state index contributed by atoms with van der Waals surface area (Å²) >= 11 is 0. The number of hydrogen-bond donors (Lipinski definition) is 1. The van der Waals surface area contributed by atoms with E-state index in [4.69, 9.17) is 5.11 Å². The third kappa shape index (κ3) is 1.80. The zero-order chi connectivity index (χ0) is 13.2. The van der Waals surface area contributed by atoms with E-state index in [2.05, 4.69) is 53.5 Å². The molecule has 0 fully saturated rings. The highest BCUT2D eigenvalue weighted by molar-refractivity contribution is 5.70. The Morgan fingerprint density at radius 2 is 2.00 bits per heavy atom. The number of para-hydroxylation sites is 1. The first-order chi connectivity index (χ1) is 9.36. The maximum atomic E-state index is 9.09. The Labute approximate surface area is 113 Å². The van der Waals surface area contributed by atoms with Gasteiger partial charge in [0.2, 0.25) is 0 Å². The fourth-order valence-electron chi connectivity index (χ4n) is 2.98. The number of benzene rings is 1. The number of hydrogen-bond acceptors (Lipinski definition) is 2. The standard InChI is InChI=1S/C17H17NO/c1-2-13(11-12-19)18-16-9-5-3-7-14(16)15-8-4-6-10-17(15)18/h2-12,14,16,19H,1H3/b12-11-,13-2+. The maximum Gasteiger partial charge on any atom is 0.0812 e. The van der Waals surface area contributed by atoms with Crippen LogP contribution in [0.2, 0.25) is 0 Å². The van der Waals surface area contributed by atoms with Crippen molar-refractivity contribution in [3.8, 4) is 0 Å². The summed E-state index contributed by atoms with van der Waals surface area (Å²) in [6, 6.07) is 8.77. The second kappa shape index (κ2) is 4.81. The van der Waals surface area contributed by atoms with E-state index in [1.165, 1.54) is 11.3 Å². The molecule has 1 aliphatic heterocycles. The molecule has 0 bridgehead atoms. The van der Waals surface area contributed by atoms with Crippen LogP contribution in [0.1, 0.15) is 18.4 Å². The van der Waals surface area contributed by atoms with Crippen LogP contribution < -0.4 is 4.90 Å². The van der Waals surface area contributed by atoms with Crippen molar-refractivity contribution in [3.05, 3.63) is 78.2 Å². The van der Waals surface area contributed by atoms with Crippen LogP contribution in [0.25, 0.3) is 0 Å². The molecule has 3 rings (SSSR count). The zero-order valence-electron chi connectivity index (χ0n) is 10.9. The summed E-state index contributed by atoms with van der Waals surface area (Å²) in [6.07, 6.45) is 13.5. The number of rotatable bonds is 2. The molecule has 2 unspecified atom stereocenters. The van der Waals surface area contributed by atoms with Gasteiger partial charge in [-0.2, -0.15) is 0 Å². The molecule has 1 aromatic rings. The summed E-state index contributed by atoms with van der Waals surface area (Å²) in [4.78, 5) is 2.28. The highest BCUT2D eigenvalue weighted by Gasteiger charge is 2.36. The lowest BCUT2D eigenvalue weighted by Gasteiger charge is -2.29. The first kappa shape index (κ1) is 11.8. The van der Waals surface area contributed by atoms with Crippen LogP contribution in [0.15, 0.2) is 72.7 Å². The Kier molecular flexibility index (Phi) is 3.00. The van der Waals surface area contributed by atoms with E-state index in [9.17, 15) is 0 Å². The van der Waals surface area contributed by atoms with Gasteiger partial charge in [-0.1, -0.05) is 48.6 Å². The molecule has 19 heavy (non-hydrogen) atoms. The van der Waals surface area contributed by atoms with Crippen LogP contribution >= 0.6 is 0 Å². The van der Waals surface area contributed by atoms with Crippen molar-refractivity contribution in [3.63, 3.8) is 0 Å². The highest BCUT2D eigenvalue weighted by Crippen LogP contribution is 2.45. The molecule has 1 heterocycles. The van der Waals surface area contributed by atoms with Gasteiger partial charge in [0, 0.05) is 17.3 Å². The van der Waals surface area contributed by atoms with Crippen LogP contribution in [-0.4, -0.2) is 11.1 Å². The minimum atomic E-state index is 0.296. The first-order valence-electron chi connectivity index (χ1n) is 6.57. The zero-order valence-corrected chi connectivity index (χ0v) is 10.9. The van der Waals surface area contributed by atoms with Crippen molar-refractivity contribution >= 4 is 5.69 Å². The minimum Gasteiger partial charge on any atom is -0.516 e. The van der Waals surface area contributed by atoms with Crippen LogP contribution in [0.4, 0.5) is 5.69 Å². The lowest BCUT2D eigenvalue weighted by Crippen LogP contribution is -2.31. The second-order valence-electron chi connectivity index (χ2n) is 4.74. The van der Waals surface area contributed by atoms with Crippen molar-refractivity contribution < 1.29 is 5.11 Å². The number of allylic oxidation sites excluding steroid dienone is 4. The number of aliphatic hydroxyl groups excluding tert-OH is 1. The Bertz CT molecular complexity index is 595. The molecule has 1 aliphatic carbocycles. The van der Waals surface area contributed by atoms with Gasteiger partial charge >= 0.3 is 0 Å². The molecule has 0 amide bonds. The monoisotopic (exact) mass is 251 g/mol. The quantitative estimate of drug-likeness (QED) is 0.633. The average Bonchev–Trinajstić information content (AvgIpc) is 2.80. The molecule has 1 N–H and O–H groups in total. The van der Waals surface area contributed by atoms with Gasteiger partial charge in [-0.15, -0.1) is 0 Å². The van der Waals surface area contributed by atoms with Gasteiger partial charge in [0.1, 0.15) is 0 Å². The summed E-state index contributed by atoms with van der Waals surface area (Å²) in [5.41, 5.74) is 3.58. The van der Waals surface area contributed by atoms with Crippen LogP contribution in [-0.2, 0) is 0 Å². The van der Waals surface area contributed by atoms with Crippen molar-refractivity contribution in [2.75, 3.05) is 4.90 Å². The largest absolute Gasteiger partial charge is 0.516 e. The number of aliphatic hydroxyl groups is 1.